The number of carbonyl (C=O) groups is 1. The van der Waals surface area contributed by atoms with Crippen LogP contribution in [0.15, 0.2) is 40.6 Å². The minimum Gasteiger partial charge on any atom is -0.497 e. The van der Waals surface area contributed by atoms with Gasteiger partial charge in [0, 0.05) is 18.1 Å². The van der Waals surface area contributed by atoms with Crippen LogP contribution in [-0.4, -0.2) is 28.9 Å². The maximum atomic E-state index is 12.8. The Hall–Kier alpha value is -2.67. The van der Waals surface area contributed by atoms with Crippen molar-refractivity contribution >= 4 is 22.2 Å². The second-order valence-corrected chi connectivity index (χ2v) is 6.88. The summed E-state index contributed by atoms with van der Waals surface area (Å²) in [4.78, 5) is 29.9. The molecule has 0 atom stereocenters. The zero-order valence-corrected chi connectivity index (χ0v) is 15.1. The van der Waals surface area contributed by atoms with Gasteiger partial charge in [0.1, 0.15) is 11.3 Å². The Morgan fingerprint density at radius 1 is 1.32 bits per heavy atom. The van der Waals surface area contributed by atoms with Crippen LogP contribution in [-0.2, 0) is 0 Å². The lowest BCUT2D eigenvalue weighted by atomic mass is 10.1. The summed E-state index contributed by atoms with van der Waals surface area (Å²) in [6.07, 6.45) is 1.35. The Morgan fingerprint density at radius 2 is 2.04 bits per heavy atom. The minimum absolute atomic E-state index is 0.0475. The van der Waals surface area contributed by atoms with Gasteiger partial charge in [-0.15, -0.1) is 11.3 Å². The molecule has 0 saturated carbocycles. The molecular weight excluding hydrogens is 338 g/mol. The van der Waals surface area contributed by atoms with Crippen molar-refractivity contribution in [1.29, 1.82) is 0 Å². The van der Waals surface area contributed by atoms with Gasteiger partial charge in [-0.3, -0.25) is 14.0 Å². The third-order valence-corrected chi connectivity index (χ3v) is 4.59. The molecule has 0 aliphatic rings. The summed E-state index contributed by atoms with van der Waals surface area (Å²) in [6.45, 7) is 4.50. The zero-order valence-electron chi connectivity index (χ0n) is 14.3. The van der Waals surface area contributed by atoms with Crippen molar-refractivity contribution in [3.63, 3.8) is 0 Å². The zero-order chi connectivity index (χ0) is 18.0. The Labute approximate surface area is 149 Å². The van der Waals surface area contributed by atoms with Crippen LogP contribution in [0.25, 0.3) is 16.2 Å². The summed E-state index contributed by atoms with van der Waals surface area (Å²) in [7, 11) is 1.60. The first-order chi connectivity index (χ1) is 12.0. The van der Waals surface area contributed by atoms with Crippen LogP contribution in [0.2, 0.25) is 0 Å². The molecule has 0 saturated heterocycles. The molecule has 0 aliphatic carbocycles. The molecule has 0 fully saturated rings. The summed E-state index contributed by atoms with van der Waals surface area (Å²) in [6, 6.07) is 7.41. The molecule has 6 nitrogen and oxygen atoms in total. The third-order valence-electron chi connectivity index (χ3n) is 3.75. The van der Waals surface area contributed by atoms with Gasteiger partial charge >= 0.3 is 0 Å². The molecule has 1 N–H and O–H groups in total. The Balaban J connectivity index is 2.05. The maximum Gasteiger partial charge on any atom is 0.271 e. The molecule has 3 aromatic rings. The van der Waals surface area contributed by atoms with Crippen LogP contribution < -0.4 is 15.6 Å². The monoisotopic (exact) mass is 357 g/mol. The van der Waals surface area contributed by atoms with Gasteiger partial charge in [-0.05, 0) is 35.7 Å². The van der Waals surface area contributed by atoms with E-state index in [1.807, 2.05) is 43.5 Å². The van der Waals surface area contributed by atoms with Gasteiger partial charge in [-0.1, -0.05) is 13.8 Å². The number of amides is 1. The fourth-order valence-corrected chi connectivity index (χ4v) is 3.26. The number of fused-ring (bicyclic) bond motifs is 1. The average molecular weight is 357 g/mol. The highest BCUT2D eigenvalue weighted by Crippen LogP contribution is 2.25. The van der Waals surface area contributed by atoms with Gasteiger partial charge in [0.25, 0.3) is 11.5 Å². The number of rotatable bonds is 5. The van der Waals surface area contributed by atoms with Crippen LogP contribution in [0.1, 0.15) is 24.2 Å². The number of hydrogen-bond acceptors (Lipinski definition) is 5. The van der Waals surface area contributed by atoms with Crippen molar-refractivity contribution in [2.45, 2.75) is 13.8 Å². The van der Waals surface area contributed by atoms with Gasteiger partial charge in [0.15, 0.2) is 4.96 Å². The quantitative estimate of drug-likeness (QED) is 0.762. The summed E-state index contributed by atoms with van der Waals surface area (Å²) in [5.41, 5.74) is 1.25. The number of ether oxygens (including phenoxy) is 1. The molecule has 2 aromatic heterocycles. The van der Waals surface area contributed by atoms with E-state index in [0.29, 0.717) is 23.1 Å². The van der Waals surface area contributed by atoms with E-state index in [9.17, 15) is 9.59 Å². The van der Waals surface area contributed by atoms with Crippen molar-refractivity contribution in [3.05, 3.63) is 51.8 Å². The summed E-state index contributed by atoms with van der Waals surface area (Å²) in [5, 5.41) is 4.63. The molecule has 0 aliphatic heterocycles. The number of aromatic nitrogens is 2. The van der Waals surface area contributed by atoms with Crippen LogP contribution in [0, 0.1) is 5.92 Å². The molecule has 1 aromatic carbocycles. The molecule has 3 rings (SSSR count). The topological polar surface area (TPSA) is 72.7 Å². The molecular formula is C18H19N3O3S. The van der Waals surface area contributed by atoms with Crippen molar-refractivity contribution in [3.8, 4) is 17.0 Å². The predicted octanol–water partition coefficient (Wildman–Crippen LogP) is 2.82. The van der Waals surface area contributed by atoms with Crippen molar-refractivity contribution in [1.82, 2.24) is 14.7 Å². The minimum atomic E-state index is -0.396. The van der Waals surface area contributed by atoms with E-state index in [1.165, 1.54) is 21.9 Å². The number of hydrogen-bond donors (Lipinski definition) is 1. The lowest BCUT2D eigenvalue weighted by molar-refractivity contribution is 0.0947. The highest BCUT2D eigenvalue weighted by atomic mass is 32.1. The van der Waals surface area contributed by atoms with Gasteiger partial charge in [0.05, 0.1) is 12.8 Å². The fraction of sp³-hybridized carbons (Fsp3) is 0.278. The van der Waals surface area contributed by atoms with Gasteiger partial charge in [-0.25, -0.2) is 4.98 Å². The molecule has 1 amide bonds. The summed E-state index contributed by atoms with van der Waals surface area (Å²) in [5.74, 6) is 0.648. The second-order valence-electron chi connectivity index (χ2n) is 6.05. The first kappa shape index (κ1) is 17.2. The molecule has 25 heavy (non-hydrogen) atoms. The average Bonchev–Trinajstić information content (AvgIpc) is 3.05. The molecule has 7 heteroatoms. The van der Waals surface area contributed by atoms with Crippen LogP contribution >= 0.6 is 11.3 Å². The lowest BCUT2D eigenvalue weighted by Crippen LogP contribution is -2.33. The lowest BCUT2D eigenvalue weighted by Gasteiger charge is -2.08. The van der Waals surface area contributed by atoms with E-state index < -0.39 is 5.91 Å². The standard InChI is InChI=1S/C18H19N3O3S/c1-11(2)8-19-16(22)14-9-20-18-21(17(14)23)15(10-25-18)12-4-6-13(24-3)7-5-12/h4-7,9-11H,8H2,1-3H3,(H,19,22). The van der Waals surface area contributed by atoms with Gasteiger partial charge in [-0.2, -0.15) is 0 Å². The Bertz CT molecular complexity index is 958. The largest absolute Gasteiger partial charge is 0.497 e. The normalized spacial score (nSPS) is 11.0. The number of nitrogens with zero attached hydrogens (tertiary/aromatic N) is 2. The number of nitrogens with one attached hydrogen (secondary N) is 1. The molecule has 0 radical (unpaired) electrons. The first-order valence-electron chi connectivity index (χ1n) is 7.93. The predicted molar refractivity (Wildman–Crippen MR) is 98.5 cm³/mol. The van der Waals surface area contributed by atoms with E-state index in [2.05, 4.69) is 10.3 Å². The highest BCUT2D eigenvalue weighted by Gasteiger charge is 2.17. The fourth-order valence-electron chi connectivity index (χ4n) is 2.40. The number of methoxy groups -OCH3 is 1. The number of thiazole rings is 1. The van der Waals surface area contributed by atoms with Gasteiger partial charge < -0.3 is 10.1 Å². The maximum absolute atomic E-state index is 12.8. The molecule has 0 spiro atoms. The first-order valence-corrected chi connectivity index (χ1v) is 8.81. The molecule has 130 valence electrons. The van der Waals surface area contributed by atoms with E-state index in [0.717, 1.165) is 11.3 Å². The van der Waals surface area contributed by atoms with Gasteiger partial charge in [0.2, 0.25) is 0 Å². The Kier molecular flexibility index (Phi) is 4.85. The van der Waals surface area contributed by atoms with E-state index in [1.54, 1.807) is 7.11 Å². The Morgan fingerprint density at radius 3 is 2.68 bits per heavy atom. The smallest absolute Gasteiger partial charge is 0.271 e. The highest BCUT2D eigenvalue weighted by molar-refractivity contribution is 7.15. The summed E-state index contributed by atoms with van der Waals surface area (Å²) < 4.78 is 6.65. The van der Waals surface area contributed by atoms with Crippen LogP contribution in [0.5, 0.6) is 5.75 Å². The van der Waals surface area contributed by atoms with Crippen molar-refractivity contribution in [2.24, 2.45) is 5.92 Å². The number of carbonyl (C=O) groups excluding carboxylic acids is 1. The van der Waals surface area contributed by atoms with E-state index in [4.69, 9.17) is 4.74 Å². The second kappa shape index (κ2) is 7.06. The molecule has 0 bridgehead atoms. The molecule has 2 heterocycles. The molecule has 0 unspecified atom stereocenters. The van der Waals surface area contributed by atoms with Crippen molar-refractivity contribution < 1.29 is 9.53 Å². The van der Waals surface area contributed by atoms with Crippen LogP contribution in [0.4, 0.5) is 0 Å². The SMILES string of the molecule is COc1ccc(-c2csc3ncc(C(=O)NCC(C)C)c(=O)n23)cc1. The third kappa shape index (κ3) is 3.41. The summed E-state index contributed by atoms with van der Waals surface area (Å²) >= 11 is 1.36. The van der Waals surface area contributed by atoms with E-state index in [-0.39, 0.29) is 11.1 Å². The number of benzene rings is 1. The van der Waals surface area contributed by atoms with Crippen molar-refractivity contribution in [2.75, 3.05) is 13.7 Å². The van der Waals surface area contributed by atoms with Crippen LogP contribution in [0.3, 0.4) is 0 Å². The van der Waals surface area contributed by atoms with E-state index >= 15 is 0 Å².